The normalized spacial score (nSPS) is 22.2. The summed E-state index contributed by atoms with van der Waals surface area (Å²) >= 11 is 1.36. The Morgan fingerprint density at radius 1 is 0.955 bits per heavy atom. The summed E-state index contributed by atoms with van der Waals surface area (Å²) in [5.74, 6) is -0.804. The van der Waals surface area contributed by atoms with Crippen molar-refractivity contribution < 1.29 is 29.4 Å². The Kier molecular flexibility index (Phi) is 9.06. The van der Waals surface area contributed by atoms with Crippen LogP contribution in [0.1, 0.15) is 85.1 Å². The molecule has 0 radical (unpaired) electrons. The molecule has 10 nitrogen and oxygen atoms in total. The molecule has 3 aliphatic rings. The zero-order chi connectivity index (χ0) is 31.9. The second-order valence-electron chi connectivity index (χ2n) is 12.1. The Morgan fingerprint density at radius 3 is 2.14 bits per heavy atom. The highest BCUT2D eigenvalue weighted by atomic mass is 32.2. The van der Waals surface area contributed by atoms with Crippen molar-refractivity contribution in [1.82, 2.24) is 15.3 Å². The molecule has 0 aliphatic carbocycles. The molecule has 0 saturated carbocycles. The fraction of sp³-hybridized carbons (Fsp3) is 0.485. The topological polar surface area (TPSA) is 165 Å². The van der Waals surface area contributed by atoms with E-state index in [1.165, 1.54) is 11.8 Å². The number of aromatic amines is 2. The molecular formula is C33H41N4O6S+. The summed E-state index contributed by atoms with van der Waals surface area (Å²) in [6.45, 7) is 9.76. The van der Waals surface area contributed by atoms with Crippen LogP contribution in [0, 0.1) is 25.7 Å². The van der Waals surface area contributed by atoms with Crippen molar-refractivity contribution in [3.63, 3.8) is 0 Å². The van der Waals surface area contributed by atoms with Gasteiger partial charge in [0.15, 0.2) is 11.0 Å². The van der Waals surface area contributed by atoms with Crippen LogP contribution in [-0.4, -0.2) is 60.6 Å². The van der Waals surface area contributed by atoms with Gasteiger partial charge < -0.3 is 25.5 Å². The van der Waals surface area contributed by atoms with Gasteiger partial charge in [0.05, 0.1) is 11.6 Å². The monoisotopic (exact) mass is 621 g/mol. The van der Waals surface area contributed by atoms with E-state index >= 15 is 0 Å². The number of carbonyl (C=O) groups excluding carboxylic acids is 2. The number of carboxylic acids is 2. The van der Waals surface area contributed by atoms with Gasteiger partial charge in [-0.2, -0.15) is 0 Å². The molecule has 5 N–H and O–H groups in total. The molecule has 5 rings (SSSR count). The standard InChI is InChI=1S/C33H40N4O6S/c1-6-19-15(2)24(36-33(19)43)11-22-16(3)20(7-9-29(38)39)25(34-22)13-26-21(8-10-30(40)41)17(4)23(35-26)12-27-31(28-14-44-28)18(5)32(42)37-27/h12,18,28,31,34-35H,6-11,13-14H2,1-5H3,(H,37,42)(H,38,39)(H,40,41)/p+1/b27-12-/t18-,28-,31-/m1/s1. The Labute approximate surface area is 260 Å². The van der Waals surface area contributed by atoms with Gasteiger partial charge in [-0.15, -0.1) is 0 Å². The zero-order valence-corrected chi connectivity index (χ0v) is 26.8. The van der Waals surface area contributed by atoms with Gasteiger partial charge in [0.25, 0.3) is 5.91 Å². The van der Waals surface area contributed by atoms with Crippen LogP contribution in [0.3, 0.4) is 0 Å². The van der Waals surface area contributed by atoms with Crippen molar-refractivity contribution in [3.8, 4) is 0 Å². The van der Waals surface area contributed by atoms with Crippen molar-refractivity contribution in [2.45, 2.75) is 84.8 Å². The van der Waals surface area contributed by atoms with Crippen LogP contribution in [0.4, 0.5) is 0 Å². The number of aliphatic imine (C=N–C) groups is 1. The number of amides is 2. The third-order valence-corrected chi connectivity index (χ3v) is 10.5. The molecule has 0 spiro atoms. The lowest BCUT2D eigenvalue weighted by Gasteiger charge is -2.08. The quantitative estimate of drug-likeness (QED) is 0.130. The predicted octanol–water partition coefficient (Wildman–Crippen LogP) is 3.76. The van der Waals surface area contributed by atoms with Crippen molar-refractivity contribution in [2.24, 2.45) is 16.8 Å². The first-order valence-electron chi connectivity index (χ1n) is 15.2. The summed E-state index contributed by atoms with van der Waals surface area (Å²) in [7, 11) is 0. The van der Waals surface area contributed by atoms with Crippen LogP contribution in [0.15, 0.2) is 21.8 Å². The maximum atomic E-state index is 12.6. The number of hydrogen-bond acceptors (Lipinski definition) is 4. The van der Waals surface area contributed by atoms with E-state index in [4.69, 9.17) is 0 Å². The number of H-pyrrole nitrogens is 2. The Balaban J connectivity index is 1.52. The second-order valence-corrected chi connectivity index (χ2v) is 13.5. The van der Waals surface area contributed by atoms with E-state index in [0.717, 1.165) is 73.3 Å². The molecular weight excluding hydrogens is 580 g/mol. The Hall–Kier alpha value is -3.86. The lowest BCUT2D eigenvalue weighted by atomic mass is 9.91. The summed E-state index contributed by atoms with van der Waals surface area (Å²) in [6, 6.07) is 0. The molecule has 2 aromatic heterocycles. The van der Waals surface area contributed by atoms with Crippen LogP contribution in [-0.2, 0) is 56.6 Å². The number of carbonyl (C=O) groups is 4. The Bertz CT molecular complexity index is 1640. The highest BCUT2D eigenvalue weighted by molar-refractivity contribution is 7.86. The molecule has 3 atom stereocenters. The minimum atomic E-state index is -0.889. The third kappa shape index (κ3) is 6.33. The van der Waals surface area contributed by atoms with E-state index in [1.54, 1.807) is 0 Å². The maximum Gasteiger partial charge on any atom is 0.303 e. The molecule has 0 bridgehead atoms. The fourth-order valence-electron chi connectivity index (χ4n) is 6.67. The van der Waals surface area contributed by atoms with Crippen molar-refractivity contribution in [1.29, 1.82) is 0 Å². The summed E-state index contributed by atoms with van der Waals surface area (Å²) in [5.41, 5.74) is 10.4. The summed E-state index contributed by atoms with van der Waals surface area (Å²) in [4.78, 5) is 59.5. The largest absolute Gasteiger partial charge is 0.481 e. The minimum Gasteiger partial charge on any atom is -0.481 e. The van der Waals surface area contributed by atoms with Crippen LogP contribution in [0.5, 0.6) is 0 Å². The first-order chi connectivity index (χ1) is 20.9. The summed E-state index contributed by atoms with van der Waals surface area (Å²) in [5, 5.41) is 22.5. The van der Waals surface area contributed by atoms with Gasteiger partial charge in [0.2, 0.25) is 5.91 Å². The minimum absolute atomic E-state index is 0.0286. The molecule has 2 saturated heterocycles. The van der Waals surface area contributed by atoms with Crippen molar-refractivity contribution in [3.05, 3.63) is 61.9 Å². The van der Waals surface area contributed by atoms with Gasteiger partial charge in [0, 0.05) is 65.6 Å². The summed E-state index contributed by atoms with van der Waals surface area (Å²) in [6.07, 6.45) is 4.08. The van der Waals surface area contributed by atoms with Gasteiger partial charge in [-0.25, -0.2) is 4.99 Å². The molecule has 2 aromatic rings. The van der Waals surface area contributed by atoms with E-state index in [1.807, 2.05) is 40.7 Å². The fourth-order valence-corrected chi connectivity index (χ4v) is 7.67. The highest BCUT2D eigenvalue weighted by Crippen LogP contribution is 2.38. The molecule has 5 heterocycles. The van der Waals surface area contributed by atoms with Gasteiger partial charge in [0.1, 0.15) is 0 Å². The molecule has 2 amide bonds. The van der Waals surface area contributed by atoms with Gasteiger partial charge in [-0.05, 0) is 85.7 Å². The number of aliphatic carboxylic acids is 2. The lowest BCUT2D eigenvalue weighted by Crippen LogP contribution is -2.17. The molecule has 0 unspecified atom stereocenters. The lowest BCUT2D eigenvalue weighted by molar-refractivity contribution is -0.138. The van der Waals surface area contributed by atoms with Crippen LogP contribution in [0.25, 0.3) is 6.08 Å². The molecule has 2 fully saturated rings. The summed E-state index contributed by atoms with van der Waals surface area (Å²) < 4.78 is 0. The van der Waals surface area contributed by atoms with E-state index in [9.17, 15) is 29.4 Å². The molecule has 234 valence electrons. The third-order valence-electron chi connectivity index (χ3n) is 9.37. The number of allylic oxidation sites excluding steroid dienone is 2. The first-order valence-corrected chi connectivity index (χ1v) is 16.4. The zero-order valence-electron chi connectivity index (χ0n) is 25.9. The first kappa shape index (κ1) is 31.6. The van der Waals surface area contributed by atoms with Gasteiger partial charge in [-0.1, -0.05) is 13.8 Å². The average molecular weight is 622 g/mol. The number of thiol groups is 1. The average Bonchev–Trinajstić information content (AvgIpc) is 3.53. The van der Waals surface area contributed by atoms with Gasteiger partial charge >= 0.3 is 11.9 Å². The van der Waals surface area contributed by atoms with E-state index in [2.05, 4.69) is 20.3 Å². The molecule has 3 aliphatic heterocycles. The second kappa shape index (κ2) is 12.6. The number of hydrogen-bond donors (Lipinski definition) is 5. The number of aromatic nitrogens is 2. The predicted molar refractivity (Wildman–Crippen MR) is 171 cm³/mol. The number of nitrogens with zero attached hydrogens (tertiary/aromatic N) is 1. The van der Waals surface area contributed by atoms with Crippen LogP contribution < -0.4 is 5.32 Å². The number of nitrogens with one attached hydrogen (secondary N) is 3. The van der Waals surface area contributed by atoms with Gasteiger partial charge in [-0.3, -0.25) is 19.2 Å². The van der Waals surface area contributed by atoms with Crippen molar-refractivity contribution >= 4 is 47.3 Å². The Morgan fingerprint density at radius 2 is 1.57 bits per heavy atom. The van der Waals surface area contributed by atoms with E-state index in [-0.39, 0.29) is 36.5 Å². The molecule has 44 heavy (non-hydrogen) atoms. The molecule has 0 aromatic carbocycles. The molecule has 11 heteroatoms. The smallest absolute Gasteiger partial charge is 0.303 e. The highest BCUT2D eigenvalue weighted by Gasteiger charge is 2.52. The number of rotatable bonds is 13. The maximum absolute atomic E-state index is 12.6. The number of carboxylic acid groups (broad SMARTS) is 2. The van der Waals surface area contributed by atoms with E-state index in [0.29, 0.717) is 37.4 Å². The SMILES string of the molecule is CCC1=C(C)C(Cc2[nH]c(Cc3[nH]c(/C=C4\NC(=O)[C@H](C)[C@H]4[C@H]4C[SH+]4)c(C)c3CCC(=O)O)c(CCC(=O)O)c2C)=NC1=O. The van der Waals surface area contributed by atoms with Crippen LogP contribution >= 0.6 is 0 Å². The van der Waals surface area contributed by atoms with Crippen molar-refractivity contribution in [2.75, 3.05) is 5.75 Å². The van der Waals surface area contributed by atoms with Crippen LogP contribution in [0.2, 0.25) is 0 Å². The van der Waals surface area contributed by atoms with E-state index < -0.39 is 11.9 Å².